The normalized spacial score (nSPS) is 11.2. The number of carbonyl (C=O) groups is 3. The number of nitrogens with one attached hydrogen (secondary N) is 2. The van der Waals surface area contributed by atoms with Gasteiger partial charge in [0.25, 0.3) is 5.91 Å². The second-order valence-electron chi connectivity index (χ2n) is 4.49. The van der Waals surface area contributed by atoms with Crippen LogP contribution in [0.3, 0.4) is 0 Å². The number of ether oxygens (including phenoxy) is 2. The summed E-state index contributed by atoms with van der Waals surface area (Å²) >= 11 is 0. The molecule has 0 aliphatic heterocycles. The highest BCUT2D eigenvalue weighted by atomic mass is 16.6. The van der Waals surface area contributed by atoms with E-state index in [0.29, 0.717) is 5.75 Å². The molecule has 22 heavy (non-hydrogen) atoms. The van der Waals surface area contributed by atoms with Crippen LogP contribution in [-0.2, 0) is 20.7 Å². The number of esters is 1. The lowest BCUT2D eigenvalue weighted by Gasteiger charge is -2.13. The van der Waals surface area contributed by atoms with E-state index >= 15 is 0 Å². The maximum absolute atomic E-state index is 11.6. The van der Waals surface area contributed by atoms with Gasteiger partial charge in [0.15, 0.2) is 12.7 Å². The third kappa shape index (κ3) is 5.82. The molecule has 1 atom stereocenters. The zero-order chi connectivity index (χ0) is 16.5. The van der Waals surface area contributed by atoms with E-state index in [1.807, 2.05) is 24.4 Å². The summed E-state index contributed by atoms with van der Waals surface area (Å²) in [7, 11) is 1.37. The van der Waals surface area contributed by atoms with Gasteiger partial charge in [-0.2, -0.15) is 0 Å². The number of hydrogen-bond donors (Lipinski definition) is 2. The summed E-state index contributed by atoms with van der Waals surface area (Å²) in [6.07, 6.45) is -0.170. The van der Waals surface area contributed by atoms with Gasteiger partial charge < -0.3 is 14.8 Å². The van der Waals surface area contributed by atoms with E-state index in [2.05, 4.69) is 5.32 Å². The predicted molar refractivity (Wildman–Crippen MR) is 79.5 cm³/mol. The lowest BCUT2D eigenvalue weighted by molar-refractivity contribution is -0.156. The van der Waals surface area contributed by atoms with Gasteiger partial charge in [-0.25, -0.2) is 9.59 Å². The van der Waals surface area contributed by atoms with Gasteiger partial charge in [0.2, 0.25) is 0 Å². The molecule has 0 heterocycles. The van der Waals surface area contributed by atoms with Crippen molar-refractivity contribution in [1.82, 2.24) is 10.6 Å². The highest BCUT2D eigenvalue weighted by Gasteiger charge is 2.19. The Morgan fingerprint density at radius 3 is 2.36 bits per heavy atom. The second-order valence-corrected chi connectivity index (χ2v) is 4.49. The lowest BCUT2D eigenvalue weighted by atomic mass is 10.2. The Morgan fingerprint density at radius 1 is 1.18 bits per heavy atom. The summed E-state index contributed by atoms with van der Waals surface area (Å²) in [6.45, 7) is 3.09. The Kier molecular flexibility index (Phi) is 6.88. The van der Waals surface area contributed by atoms with E-state index in [4.69, 9.17) is 9.47 Å². The van der Waals surface area contributed by atoms with E-state index in [9.17, 15) is 14.4 Å². The average Bonchev–Trinajstić information content (AvgIpc) is 2.53. The quantitative estimate of drug-likeness (QED) is 0.765. The zero-order valence-corrected chi connectivity index (χ0v) is 12.8. The molecule has 0 bridgehead atoms. The highest BCUT2D eigenvalue weighted by molar-refractivity contribution is 5.97. The maximum atomic E-state index is 11.6. The molecule has 120 valence electrons. The minimum Gasteiger partial charge on any atom is -0.482 e. The maximum Gasteiger partial charge on any atom is 0.344 e. The Morgan fingerprint density at radius 2 is 1.82 bits per heavy atom. The largest absolute Gasteiger partial charge is 0.482 e. The van der Waals surface area contributed by atoms with Crippen LogP contribution >= 0.6 is 0 Å². The fourth-order valence-electron chi connectivity index (χ4n) is 1.52. The summed E-state index contributed by atoms with van der Waals surface area (Å²) in [5.41, 5.74) is 1.16. The van der Waals surface area contributed by atoms with Gasteiger partial charge in [-0.05, 0) is 31.0 Å². The summed E-state index contributed by atoms with van der Waals surface area (Å²) in [5.74, 6) is -0.865. The zero-order valence-electron chi connectivity index (χ0n) is 12.8. The fraction of sp³-hybridized carbons (Fsp3) is 0.400. The molecule has 0 aromatic heterocycles. The molecular formula is C15H20N2O5. The molecule has 1 aromatic rings. The van der Waals surface area contributed by atoms with Crippen LogP contribution in [0.1, 0.15) is 19.4 Å². The van der Waals surface area contributed by atoms with Crippen molar-refractivity contribution in [3.05, 3.63) is 29.8 Å². The second kappa shape index (κ2) is 8.66. The van der Waals surface area contributed by atoms with Gasteiger partial charge in [0, 0.05) is 7.05 Å². The van der Waals surface area contributed by atoms with E-state index in [1.165, 1.54) is 14.0 Å². The average molecular weight is 308 g/mol. The van der Waals surface area contributed by atoms with Gasteiger partial charge in [-0.1, -0.05) is 19.1 Å². The van der Waals surface area contributed by atoms with Crippen molar-refractivity contribution in [1.29, 1.82) is 0 Å². The van der Waals surface area contributed by atoms with Crippen molar-refractivity contribution in [2.75, 3.05) is 13.7 Å². The number of benzene rings is 1. The first-order chi connectivity index (χ1) is 10.5. The molecule has 0 aliphatic carbocycles. The topological polar surface area (TPSA) is 93.7 Å². The molecule has 0 unspecified atom stereocenters. The first-order valence-electron chi connectivity index (χ1n) is 6.90. The number of amides is 3. The molecule has 0 spiro atoms. The summed E-state index contributed by atoms with van der Waals surface area (Å²) in [6, 6.07) is 6.65. The van der Waals surface area contributed by atoms with Crippen molar-refractivity contribution in [3.63, 3.8) is 0 Å². The summed E-state index contributed by atoms with van der Waals surface area (Å²) in [4.78, 5) is 34.1. The van der Waals surface area contributed by atoms with Crippen molar-refractivity contribution in [2.45, 2.75) is 26.4 Å². The Bertz CT molecular complexity index is 527. The molecular weight excluding hydrogens is 288 g/mol. The van der Waals surface area contributed by atoms with Crippen molar-refractivity contribution < 1.29 is 23.9 Å². The number of carbonyl (C=O) groups excluding carboxylic acids is 3. The van der Waals surface area contributed by atoms with Crippen LogP contribution in [0.25, 0.3) is 0 Å². The standard InChI is InChI=1S/C15H20N2O5/c1-4-11-5-7-12(8-6-11)21-9-13(18)22-10(2)14(19)17-15(20)16-3/h5-8,10H,4,9H2,1-3H3,(H2,16,17,19,20)/t10-/m0/s1. The third-order valence-electron chi connectivity index (χ3n) is 2.83. The lowest BCUT2D eigenvalue weighted by Crippen LogP contribution is -2.43. The smallest absolute Gasteiger partial charge is 0.344 e. The molecule has 1 aromatic carbocycles. The van der Waals surface area contributed by atoms with Gasteiger partial charge in [0.1, 0.15) is 5.75 Å². The van der Waals surface area contributed by atoms with Crippen molar-refractivity contribution >= 4 is 17.9 Å². The molecule has 0 radical (unpaired) electrons. The minimum atomic E-state index is -1.09. The number of urea groups is 1. The molecule has 1 rings (SSSR count). The summed E-state index contributed by atoms with van der Waals surface area (Å²) < 4.78 is 10.1. The number of aryl methyl sites for hydroxylation is 1. The molecule has 7 heteroatoms. The van der Waals surface area contributed by atoms with Crippen LogP contribution < -0.4 is 15.4 Å². The number of hydrogen-bond acceptors (Lipinski definition) is 5. The number of imide groups is 1. The molecule has 2 N–H and O–H groups in total. The van der Waals surface area contributed by atoms with Crippen LogP contribution in [-0.4, -0.2) is 37.7 Å². The van der Waals surface area contributed by atoms with Gasteiger partial charge in [0.05, 0.1) is 0 Å². The molecule has 0 fully saturated rings. The third-order valence-corrected chi connectivity index (χ3v) is 2.83. The van der Waals surface area contributed by atoms with E-state index in [-0.39, 0.29) is 6.61 Å². The monoisotopic (exact) mass is 308 g/mol. The molecule has 7 nitrogen and oxygen atoms in total. The van der Waals surface area contributed by atoms with Crippen LogP contribution in [0, 0.1) is 0 Å². The fourth-order valence-corrected chi connectivity index (χ4v) is 1.52. The van der Waals surface area contributed by atoms with E-state index in [1.54, 1.807) is 12.1 Å². The van der Waals surface area contributed by atoms with Gasteiger partial charge in [-0.15, -0.1) is 0 Å². The van der Waals surface area contributed by atoms with Gasteiger partial charge in [-0.3, -0.25) is 10.1 Å². The van der Waals surface area contributed by atoms with Crippen LogP contribution in [0.4, 0.5) is 4.79 Å². The molecule has 0 saturated carbocycles. The van der Waals surface area contributed by atoms with E-state index in [0.717, 1.165) is 12.0 Å². The summed E-state index contributed by atoms with van der Waals surface area (Å²) in [5, 5.41) is 4.24. The van der Waals surface area contributed by atoms with Crippen LogP contribution in [0.15, 0.2) is 24.3 Å². The predicted octanol–water partition coefficient (Wildman–Crippen LogP) is 1.02. The van der Waals surface area contributed by atoms with E-state index < -0.39 is 24.0 Å². The van der Waals surface area contributed by atoms with Crippen LogP contribution in [0.2, 0.25) is 0 Å². The Labute approximate surface area is 129 Å². The SMILES string of the molecule is CCc1ccc(OCC(=O)O[C@@H](C)C(=O)NC(=O)NC)cc1. The van der Waals surface area contributed by atoms with Crippen molar-refractivity contribution in [2.24, 2.45) is 0 Å². The molecule has 3 amide bonds. The van der Waals surface area contributed by atoms with Gasteiger partial charge >= 0.3 is 12.0 Å². The molecule has 0 aliphatic rings. The number of rotatable bonds is 6. The first kappa shape index (κ1) is 17.5. The molecule has 0 saturated heterocycles. The van der Waals surface area contributed by atoms with Crippen LogP contribution in [0.5, 0.6) is 5.75 Å². The van der Waals surface area contributed by atoms with Crippen molar-refractivity contribution in [3.8, 4) is 5.75 Å². The first-order valence-corrected chi connectivity index (χ1v) is 6.90. The highest BCUT2D eigenvalue weighted by Crippen LogP contribution is 2.12. The Hall–Kier alpha value is -2.57. The Balaban J connectivity index is 2.38. The minimum absolute atomic E-state index is 0.316.